The lowest BCUT2D eigenvalue weighted by molar-refractivity contribution is -0.146. The van der Waals surface area contributed by atoms with Crippen LogP contribution in [0.15, 0.2) is 18.7 Å². The maximum absolute atomic E-state index is 11.4. The standard InChI is InChI=1S/C12H20N4O3/c1-12(2,10(17)18)8-15-11(19)14-4-3-6-16-7-5-13-9-16/h5,7,9H,3-4,6,8H2,1-2H3,(H,17,18)(H2,14,15,19). The van der Waals surface area contributed by atoms with Crippen LogP contribution in [0.25, 0.3) is 0 Å². The molecule has 0 saturated heterocycles. The van der Waals surface area contributed by atoms with Crippen LogP contribution >= 0.6 is 0 Å². The van der Waals surface area contributed by atoms with Gasteiger partial charge < -0.3 is 20.3 Å². The molecule has 0 aliphatic heterocycles. The van der Waals surface area contributed by atoms with Gasteiger partial charge in [0.15, 0.2) is 0 Å². The Morgan fingerprint density at radius 2 is 2.11 bits per heavy atom. The molecule has 1 rings (SSSR count). The molecule has 0 aliphatic rings. The number of amides is 2. The van der Waals surface area contributed by atoms with E-state index in [1.807, 2.05) is 10.8 Å². The smallest absolute Gasteiger partial charge is 0.314 e. The van der Waals surface area contributed by atoms with E-state index in [1.165, 1.54) is 0 Å². The van der Waals surface area contributed by atoms with E-state index >= 15 is 0 Å². The van der Waals surface area contributed by atoms with Crippen molar-refractivity contribution in [1.29, 1.82) is 0 Å². The third-order valence-corrected chi connectivity index (χ3v) is 2.71. The van der Waals surface area contributed by atoms with Gasteiger partial charge in [0, 0.05) is 32.0 Å². The van der Waals surface area contributed by atoms with Crippen molar-refractivity contribution in [3.63, 3.8) is 0 Å². The lowest BCUT2D eigenvalue weighted by Gasteiger charge is -2.19. The molecule has 7 heteroatoms. The van der Waals surface area contributed by atoms with Gasteiger partial charge in [-0.1, -0.05) is 0 Å². The van der Waals surface area contributed by atoms with E-state index in [-0.39, 0.29) is 12.6 Å². The highest BCUT2D eigenvalue weighted by molar-refractivity contribution is 5.77. The average molecular weight is 268 g/mol. The Kier molecular flexibility index (Phi) is 5.35. The number of carbonyl (C=O) groups is 2. The van der Waals surface area contributed by atoms with Crippen molar-refractivity contribution in [1.82, 2.24) is 20.2 Å². The Labute approximate surface area is 112 Å². The molecule has 106 valence electrons. The molecule has 2 amide bonds. The predicted octanol–water partition coefficient (Wildman–Crippen LogP) is 0.683. The van der Waals surface area contributed by atoms with Gasteiger partial charge in [-0.05, 0) is 20.3 Å². The monoisotopic (exact) mass is 268 g/mol. The third-order valence-electron chi connectivity index (χ3n) is 2.71. The molecule has 19 heavy (non-hydrogen) atoms. The van der Waals surface area contributed by atoms with Crippen molar-refractivity contribution in [2.24, 2.45) is 5.41 Å². The zero-order valence-electron chi connectivity index (χ0n) is 11.2. The zero-order chi connectivity index (χ0) is 14.3. The number of aliphatic carboxylic acids is 1. The van der Waals surface area contributed by atoms with Gasteiger partial charge in [0.2, 0.25) is 0 Å². The van der Waals surface area contributed by atoms with Gasteiger partial charge in [-0.25, -0.2) is 9.78 Å². The van der Waals surface area contributed by atoms with Crippen LogP contribution in [0.4, 0.5) is 4.79 Å². The average Bonchev–Trinajstić information content (AvgIpc) is 2.85. The molecule has 1 aromatic heterocycles. The van der Waals surface area contributed by atoms with Crippen LogP contribution in [0.1, 0.15) is 20.3 Å². The number of aryl methyl sites for hydroxylation is 1. The van der Waals surface area contributed by atoms with E-state index in [0.717, 1.165) is 13.0 Å². The lowest BCUT2D eigenvalue weighted by Crippen LogP contribution is -2.43. The van der Waals surface area contributed by atoms with Crippen molar-refractivity contribution < 1.29 is 14.7 Å². The Morgan fingerprint density at radius 1 is 1.37 bits per heavy atom. The predicted molar refractivity (Wildman–Crippen MR) is 69.7 cm³/mol. The lowest BCUT2D eigenvalue weighted by atomic mass is 9.94. The minimum Gasteiger partial charge on any atom is -0.481 e. The van der Waals surface area contributed by atoms with Crippen molar-refractivity contribution >= 4 is 12.0 Å². The van der Waals surface area contributed by atoms with E-state index in [1.54, 1.807) is 26.4 Å². The van der Waals surface area contributed by atoms with Crippen LogP contribution < -0.4 is 10.6 Å². The van der Waals surface area contributed by atoms with E-state index in [2.05, 4.69) is 15.6 Å². The molecule has 0 unspecified atom stereocenters. The molecule has 0 atom stereocenters. The number of nitrogens with zero attached hydrogens (tertiary/aromatic N) is 2. The molecule has 0 radical (unpaired) electrons. The van der Waals surface area contributed by atoms with E-state index in [9.17, 15) is 9.59 Å². The Bertz CT molecular complexity index is 415. The summed E-state index contributed by atoms with van der Waals surface area (Å²) in [4.78, 5) is 26.2. The number of carboxylic acid groups (broad SMARTS) is 1. The minimum atomic E-state index is -0.964. The largest absolute Gasteiger partial charge is 0.481 e. The maximum Gasteiger partial charge on any atom is 0.314 e. The Hall–Kier alpha value is -2.05. The van der Waals surface area contributed by atoms with Gasteiger partial charge in [0.1, 0.15) is 0 Å². The number of carboxylic acids is 1. The van der Waals surface area contributed by atoms with Crippen LogP contribution in [0.3, 0.4) is 0 Å². The fourth-order valence-electron chi connectivity index (χ4n) is 1.32. The molecule has 1 heterocycles. The van der Waals surface area contributed by atoms with Crippen molar-refractivity contribution in [2.45, 2.75) is 26.8 Å². The quantitative estimate of drug-likeness (QED) is 0.634. The highest BCUT2D eigenvalue weighted by Gasteiger charge is 2.27. The molecule has 0 aliphatic carbocycles. The normalized spacial score (nSPS) is 11.1. The molecule has 0 spiro atoms. The SMILES string of the molecule is CC(C)(CNC(=O)NCCCn1ccnc1)C(=O)O. The summed E-state index contributed by atoms with van der Waals surface area (Å²) >= 11 is 0. The Morgan fingerprint density at radius 3 is 2.68 bits per heavy atom. The summed E-state index contributed by atoms with van der Waals surface area (Å²) in [6.45, 7) is 4.53. The number of hydrogen-bond donors (Lipinski definition) is 3. The second-order valence-electron chi connectivity index (χ2n) is 4.95. The van der Waals surface area contributed by atoms with Crippen LogP contribution in [0.2, 0.25) is 0 Å². The number of aromatic nitrogens is 2. The van der Waals surface area contributed by atoms with E-state index in [0.29, 0.717) is 6.54 Å². The van der Waals surface area contributed by atoms with E-state index < -0.39 is 11.4 Å². The fourth-order valence-corrected chi connectivity index (χ4v) is 1.32. The van der Waals surface area contributed by atoms with Gasteiger partial charge in [-0.3, -0.25) is 4.79 Å². The molecule has 3 N–H and O–H groups in total. The van der Waals surface area contributed by atoms with Gasteiger partial charge in [-0.2, -0.15) is 0 Å². The summed E-state index contributed by atoms with van der Waals surface area (Å²) in [6.07, 6.45) is 6.06. The minimum absolute atomic E-state index is 0.0929. The van der Waals surface area contributed by atoms with Crippen molar-refractivity contribution in [3.8, 4) is 0 Å². The third kappa shape index (κ3) is 5.41. The zero-order valence-corrected chi connectivity index (χ0v) is 11.2. The molecule has 1 aromatic rings. The van der Waals surface area contributed by atoms with Crippen LogP contribution in [-0.2, 0) is 11.3 Å². The number of hydrogen-bond acceptors (Lipinski definition) is 3. The fraction of sp³-hybridized carbons (Fsp3) is 0.583. The van der Waals surface area contributed by atoms with Crippen LogP contribution in [0, 0.1) is 5.41 Å². The molecule has 0 fully saturated rings. The summed E-state index contributed by atoms with van der Waals surface area (Å²) < 4.78 is 1.92. The molecular weight excluding hydrogens is 248 g/mol. The Balaban J connectivity index is 2.13. The van der Waals surface area contributed by atoms with Gasteiger partial charge in [0.25, 0.3) is 0 Å². The molecule has 0 aromatic carbocycles. The summed E-state index contributed by atoms with van der Waals surface area (Å²) in [7, 11) is 0. The molecule has 7 nitrogen and oxygen atoms in total. The first kappa shape index (κ1) is 15.0. The van der Waals surface area contributed by atoms with Gasteiger partial charge in [0.05, 0.1) is 11.7 Å². The number of rotatable bonds is 7. The van der Waals surface area contributed by atoms with Gasteiger partial charge in [-0.15, -0.1) is 0 Å². The summed E-state index contributed by atoms with van der Waals surface area (Å²) in [6, 6.07) is -0.347. The van der Waals surface area contributed by atoms with E-state index in [4.69, 9.17) is 5.11 Å². The van der Waals surface area contributed by atoms with Gasteiger partial charge >= 0.3 is 12.0 Å². The summed E-state index contributed by atoms with van der Waals surface area (Å²) in [5.41, 5.74) is -0.964. The number of urea groups is 1. The highest BCUT2D eigenvalue weighted by atomic mass is 16.4. The summed E-state index contributed by atoms with van der Waals surface area (Å²) in [5, 5.41) is 14.1. The first-order valence-corrected chi connectivity index (χ1v) is 6.12. The number of nitrogens with one attached hydrogen (secondary N) is 2. The first-order valence-electron chi connectivity index (χ1n) is 6.12. The first-order chi connectivity index (χ1) is 8.92. The second-order valence-corrected chi connectivity index (χ2v) is 4.95. The van der Waals surface area contributed by atoms with Crippen molar-refractivity contribution in [2.75, 3.05) is 13.1 Å². The molecular formula is C12H20N4O3. The molecule has 0 saturated carbocycles. The number of carbonyl (C=O) groups excluding carboxylic acids is 1. The topological polar surface area (TPSA) is 96.3 Å². The second kappa shape index (κ2) is 6.77. The number of imidazole rings is 1. The van der Waals surface area contributed by atoms with Crippen molar-refractivity contribution in [3.05, 3.63) is 18.7 Å². The van der Waals surface area contributed by atoms with Crippen LogP contribution in [-0.4, -0.2) is 39.7 Å². The summed E-state index contributed by atoms with van der Waals surface area (Å²) in [5.74, 6) is -0.937. The highest BCUT2D eigenvalue weighted by Crippen LogP contribution is 2.12. The van der Waals surface area contributed by atoms with Crippen LogP contribution in [0.5, 0.6) is 0 Å². The molecule has 0 bridgehead atoms. The maximum atomic E-state index is 11.4.